The van der Waals surface area contributed by atoms with Crippen molar-refractivity contribution in [2.45, 2.75) is 0 Å². The van der Waals surface area contributed by atoms with Crippen LogP contribution in [0.15, 0.2) is 71.1 Å². The van der Waals surface area contributed by atoms with Crippen molar-refractivity contribution in [2.24, 2.45) is 0 Å². The molecular weight excluding hydrogens is 248 g/mol. The highest BCUT2D eigenvalue weighted by molar-refractivity contribution is 6.08. The molecule has 0 unspecified atom stereocenters. The molecule has 2 nitrogen and oxygen atoms in total. The Morgan fingerprint density at radius 3 is 2.50 bits per heavy atom. The summed E-state index contributed by atoms with van der Waals surface area (Å²) in [5.74, 6) is 1.60. The molecule has 0 amide bonds. The van der Waals surface area contributed by atoms with Gasteiger partial charge in [0.15, 0.2) is 0 Å². The second-order valence-electron chi connectivity index (χ2n) is 4.57. The molecule has 2 heteroatoms. The van der Waals surface area contributed by atoms with E-state index in [1.54, 1.807) is 0 Å². The third-order valence-corrected chi connectivity index (χ3v) is 3.28. The zero-order valence-electron chi connectivity index (χ0n) is 10.7. The number of rotatable bonds is 2. The number of hydrogen-bond donors (Lipinski definition) is 0. The quantitative estimate of drug-likeness (QED) is 0.495. The predicted molar refractivity (Wildman–Crippen MR) is 79.1 cm³/mol. The lowest BCUT2D eigenvalue weighted by Gasteiger charge is -2.06. The Morgan fingerprint density at radius 1 is 0.800 bits per heavy atom. The highest BCUT2D eigenvalue weighted by Gasteiger charge is 2.11. The fourth-order valence-corrected chi connectivity index (χ4v) is 2.39. The molecule has 3 aromatic carbocycles. The standard InChI is InChI=1S/C18H11O2/c1-2-7-13(8-3-1)19-16-11-6-12-17-18(16)14-9-4-5-10-15(14)20-17/h2-12H. The van der Waals surface area contributed by atoms with Crippen molar-refractivity contribution in [1.82, 2.24) is 0 Å². The third kappa shape index (κ3) is 1.74. The van der Waals surface area contributed by atoms with Gasteiger partial charge in [0.1, 0.15) is 22.7 Å². The number of fused-ring (bicyclic) bond motifs is 3. The van der Waals surface area contributed by atoms with Gasteiger partial charge in [-0.25, -0.2) is 0 Å². The van der Waals surface area contributed by atoms with Crippen LogP contribution in [0.25, 0.3) is 21.9 Å². The largest absolute Gasteiger partial charge is 0.457 e. The molecule has 0 saturated carbocycles. The van der Waals surface area contributed by atoms with E-state index in [-0.39, 0.29) is 0 Å². The van der Waals surface area contributed by atoms with Crippen molar-refractivity contribution in [2.75, 3.05) is 0 Å². The first kappa shape index (κ1) is 11.1. The van der Waals surface area contributed by atoms with Crippen LogP contribution < -0.4 is 4.74 Å². The Morgan fingerprint density at radius 2 is 1.60 bits per heavy atom. The maximum atomic E-state index is 5.98. The van der Waals surface area contributed by atoms with Crippen LogP contribution in [0.4, 0.5) is 0 Å². The van der Waals surface area contributed by atoms with E-state index in [2.05, 4.69) is 6.07 Å². The van der Waals surface area contributed by atoms with Gasteiger partial charge in [-0.2, -0.15) is 0 Å². The summed E-state index contributed by atoms with van der Waals surface area (Å²) in [5.41, 5.74) is 1.71. The maximum Gasteiger partial charge on any atom is 0.139 e. The summed E-state index contributed by atoms with van der Waals surface area (Å²) >= 11 is 0. The summed E-state index contributed by atoms with van der Waals surface area (Å²) in [6.45, 7) is 0. The molecule has 0 fully saturated rings. The average Bonchev–Trinajstić information content (AvgIpc) is 2.88. The van der Waals surface area contributed by atoms with Crippen molar-refractivity contribution in [3.8, 4) is 11.5 Å². The highest BCUT2D eigenvalue weighted by atomic mass is 16.5. The molecule has 0 spiro atoms. The van der Waals surface area contributed by atoms with Crippen LogP contribution in [0.3, 0.4) is 0 Å². The zero-order valence-corrected chi connectivity index (χ0v) is 10.7. The fraction of sp³-hybridized carbons (Fsp3) is 0. The summed E-state index contributed by atoms with van der Waals surface area (Å²) in [6, 6.07) is 24.3. The number of para-hydroxylation sites is 1. The molecule has 95 valence electrons. The monoisotopic (exact) mass is 259 g/mol. The van der Waals surface area contributed by atoms with E-state index in [1.165, 1.54) is 0 Å². The molecule has 0 aliphatic rings. The Kier molecular flexibility index (Phi) is 2.46. The van der Waals surface area contributed by atoms with E-state index in [0.717, 1.165) is 33.4 Å². The van der Waals surface area contributed by atoms with Crippen molar-refractivity contribution < 1.29 is 9.15 Å². The second-order valence-corrected chi connectivity index (χ2v) is 4.57. The van der Waals surface area contributed by atoms with Crippen molar-refractivity contribution >= 4 is 21.9 Å². The fourth-order valence-electron chi connectivity index (χ4n) is 2.39. The molecule has 1 radical (unpaired) electrons. The Hall–Kier alpha value is -2.74. The summed E-state index contributed by atoms with van der Waals surface area (Å²) in [5, 5.41) is 2.08. The number of furan rings is 1. The molecule has 0 saturated heterocycles. The molecule has 0 bridgehead atoms. The van der Waals surface area contributed by atoms with Gasteiger partial charge >= 0.3 is 0 Å². The van der Waals surface area contributed by atoms with E-state index in [4.69, 9.17) is 9.15 Å². The molecule has 0 aliphatic heterocycles. The number of ether oxygens (including phenoxy) is 1. The predicted octanol–water partition coefficient (Wildman–Crippen LogP) is 5.18. The first-order chi connectivity index (χ1) is 9.92. The lowest BCUT2D eigenvalue weighted by molar-refractivity contribution is 0.488. The number of hydrogen-bond acceptors (Lipinski definition) is 2. The van der Waals surface area contributed by atoms with Crippen LogP contribution in [0.1, 0.15) is 0 Å². The SMILES string of the molecule is [c]1ccc(Oc2cccc3oc4ccccc4c23)cc1. The maximum absolute atomic E-state index is 5.98. The minimum Gasteiger partial charge on any atom is -0.457 e. The highest BCUT2D eigenvalue weighted by Crippen LogP contribution is 2.37. The molecule has 4 aromatic rings. The second kappa shape index (κ2) is 4.42. The van der Waals surface area contributed by atoms with Crippen LogP contribution in [-0.4, -0.2) is 0 Å². The van der Waals surface area contributed by atoms with Crippen molar-refractivity contribution in [3.05, 3.63) is 72.8 Å². The van der Waals surface area contributed by atoms with Gasteiger partial charge in [0.2, 0.25) is 0 Å². The van der Waals surface area contributed by atoms with Crippen LogP contribution >= 0.6 is 0 Å². The summed E-state index contributed by atoms with van der Waals surface area (Å²) in [4.78, 5) is 0. The average molecular weight is 259 g/mol. The summed E-state index contributed by atoms with van der Waals surface area (Å²) < 4.78 is 11.8. The normalized spacial score (nSPS) is 11.0. The molecule has 0 aliphatic carbocycles. The molecule has 4 rings (SSSR count). The molecule has 0 atom stereocenters. The van der Waals surface area contributed by atoms with Gasteiger partial charge in [-0.05, 0) is 36.4 Å². The minimum absolute atomic E-state index is 0.793. The van der Waals surface area contributed by atoms with Gasteiger partial charge in [0.05, 0.1) is 5.39 Å². The van der Waals surface area contributed by atoms with Crippen LogP contribution in [0.5, 0.6) is 11.5 Å². The van der Waals surface area contributed by atoms with E-state index in [0.29, 0.717) is 0 Å². The van der Waals surface area contributed by atoms with Crippen LogP contribution in [-0.2, 0) is 0 Å². The van der Waals surface area contributed by atoms with Gasteiger partial charge in [-0.3, -0.25) is 0 Å². The van der Waals surface area contributed by atoms with E-state index in [1.807, 2.05) is 66.7 Å². The Labute approximate surface area is 116 Å². The molecule has 0 N–H and O–H groups in total. The Bertz CT molecular complexity index is 876. The lowest BCUT2D eigenvalue weighted by Crippen LogP contribution is -1.84. The molecule has 1 heterocycles. The lowest BCUT2D eigenvalue weighted by atomic mass is 10.1. The molecule has 20 heavy (non-hydrogen) atoms. The van der Waals surface area contributed by atoms with E-state index in [9.17, 15) is 0 Å². The van der Waals surface area contributed by atoms with E-state index < -0.39 is 0 Å². The first-order valence-corrected chi connectivity index (χ1v) is 6.46. The van der Waals surface area contributed by atoms with Crippen LogP contribution in [0, 0.1) is 6.07 Å². The first-order valence-electron chi connectivity index (χ1n) is 6.46. The minimum atomic E-state index is 0.793. The van der Waals surface area contributed by atoms with Gasteiger partial charge in [-0.15, -0.1) is 0 Å². The van der Waals surface area contributed by atoms with Gasteiger partial charge in [-0.1, -0.05) is 36.4 Å². The van der Waals surface area contributed by atoms with Crippen molar-refractivity contribution in [1.29, 1.82) is 0 Å². The van der Waals surface area contributed by atoms with Crippen molar-refractivity contribution in [3.63, 3.8) is 0 Å². The van der Waals surface area contributed by atoms with Gasteiger partial charge < -0.3 is 9.15 Å². The third-order valence-electron chi connectivity index (χ3n) is 3.28. The zero-order chi connectivity index (χ0) is 13.4. The van der Waals surface area contributed by atoms with Crippen LogP contribution in [0.2, 0.25) is 0 Å². The molecule has 1 aromatic heterocycles. The van der Waals surface area contributed by atoms with E-state index >= 15 is 0 Å². The van der Waals surface area contributed by atoms with Gasteiger partial charge in [0.25, 0.3) is 0 Å². The topological polar surface area (TPSA) is 22.4 Å². The summed E-state index contributed by atoms with van der Waals surface area (Å²) in [7, 11) is 0. The summed E-state index contributed by atoms with van der Waals surface area (Å²) in [6.07, 6.45) is 0. The molecular formula is C18H11O2. The van der Waals surface area contributed by atoms with Gasteiger partial charge in [0, 0.05) is 5.39 Å². The smallest absolute Gasteiger partial charge is 0.139 e. The Balaban J connectivity index is 1.95. The number of benzene rings is 3.